The van der Waals surface area contributed by atoms with Crippen molar-refractivity contribution >= 4 is 40.7 Å². The summed E-state index contributed by atoms with van der Waals surface area (Å²) in [5, 5.41) is 5.54. The molecule has 27 heavy (non-hydrogen) atoms. The number of benzene rings is 2. The Morgan fingerprint density at radius 1 is 0.852 bits per heavy atom. The second-order valence-electron chi connectivity index (χ2n) is 7.20. The van der Waals surface area contributed by atoms with Gasteiger partial charge in [0.1, 0.15) is 0 Å². The number of anilines is 2. The van der Waals surface area contributed by atoms with Crippen LogP contribution in [0.15, 0.2) is 53.4 Å². The summed E-state index contributed by atoms with van der Waals surface area (Å²) < 4.78 is 0. The predicted molar refractivity (Wildman–Crippen MR) is 110 cm³/mol. The smallest absolute Gasteiger partial charge is 0.229 e. The van der Waals surface area contributed by atoms with E-state index in [1.165, 1.54) is 18.7 Å². The molecular formula is C21H24N2O3S. The highest BCUT2D eigenvalue weighted by Gasteiger charge is 2.21. The van der Waals surface area contributed by atoms with E-state index in [-0.39, 0.29) is 17.6 Å². The summed E-state index contributed by atoms with van der Waals surface area (Å²) in [7, 11) is 0. The molecule has 0 unspecified atom stereocenters. The molecule has 2 aromatic carbocycles. The van der Waals surface area contributed by atoms with Crippen molar-refractivity contribution in [3.05, 3.63) is 54.1 Å². The molecule has 2 aromatic rings. The van der Waals surface area contributed by atoms with Crippen LogP contribution in [0.5, 0.6) is 0 Å². The van der Waals surface area contributed by atoms with Crippen molar-refractivity contribution in [3.63, 3.8) is 0 Å². The molecule has 0 spiro atoms. The lowest BCUT2D eigenvalue weighted by Crippen LogP contribution is -2.27. The fraction of sp³-hybridized carbons (Fsp3) is 0.286. The van der Waals surface area contributed by atoms with Crippen LogP contribution >= 0.6 is 11.8 Å². The quantitative estimate of drug-likeness (QED) is 0.563. The highest BCUT2D eigenvalue weighted by Crippen LogP contribution is 2.22. The van der Waals surface area contributed by atoms with Crippen LogP contribution in [0, 0.1) is 5.41 Å². The standard InChI is InChI=1S/C21H24N2O3S/c1-14(24)22-16-9-11-18(12-10-16)27-13-19(25)15-5-7-17(8-6-15)23-20(26)21(2,3)4/h5-12H,13H2,1-4H3,(H,22,24)(H,23,26). The Bertz CT molecular complexity index is 822. The molecule has 0 fully saturated rings. The summed E-state index contributed by atoms with van der Waals surface area (Å²) in [6.45, 7) is 7.00. The summed E-state index contributed by atoms with van der Waals surface area (Å²) in [4.78, 5) is 36.3. The molecule has 2 amide bonds. The van der Waals surface area contributed by atoms with Gasteiger partial charge in [0.05, 0.1) is 5.75 Å². The van der Waals surface area contributed by atoms with Crippen LogP contribution in [0.25, 0.3) is 0 Å². The van der Waals surface area contributed by atoms with Gasteiger partial charge in [-0.05, 0) is 48.5 Å². The maximum atomic E-state index is 12.4. The molecule has 5 nitrogen and oxygen atoms in total. The third-order valence-corrected chi connectivity index (χ3v) is 4.70. The van der Waals surface area contributed by atoms with Gasteiger partial charge in [-0.15, -0.1) is 11.8 Å². The first-order valence-corrected chi connectivity index (χ1v) is 9.59. The number of Topliss-reactive ketones (excluding diaryl/α,β-unsaturated/α-hetero) is 1. The molecule has 0 heterocycles. The molecule has 0 saturated heterocycles. The van der Waals surface area contributed by atoms with E-state index in [0.717, 1.165) is 10.6 Å². The average Bonchev–Trinajstić information content (AvgIpc) is 2.60. The Balaban J connectivity index is 1.90. The molecule has 0 atom stereocenters. The number of hydrogen-bond donors (Lipinski definition) is 2. The zero-order chi connectivity index (χ0) is 20.0. The summed E-state index contributed by atoms with van der Waals surface area (Å²) in [6, 6.07) is 14.3. The Hall–Kier alpha value is -2.60. The van der Waals surface area contributed by atoms with Crippen LogP contribution in [-0.4, -0.2) is 23.4 Å². The van der Waals surface area contributed by atoms with Crippen LogP contribution < -0.4 is 10.6 Å². The highest BCUT2D eigenvalue weighted by molar-refractivity contribution is 8.00. The van der Waals surface area contributed by atoms with Crippen molar-refractivity contribution in [1.29, 1.82) is 0 Å². The number of carbonyl (C=O) groups is 3. The Morgan fingerprint density at radius 2 is 1.37 bits per heavy atom. The molecule has 2 N–H and O–H groups in total. The molecule has 0 bridgehead atoms. The predicted octanol–water partition coefficient (Wildman–Crippen LogP) is 4.60. The van der Waals surface area contributed by atoms with Crippen LogP contribution in [-0.2, 0) is 9.59 Å². The number of rotatable bonds is 6. The van der Waals surface area contributed by atoms with E-state index in [4.69, 9.17) is 0 Å². The molecule has 0 saturated carbocycles. The minimum absolute atomic E-state index is 0.0136. The largest absolute Gasteiger partial charge is 0.326 e. The van der Waals surface area contributed by atoms with Crippen molar-refractivity contribution in [2.24, 2.45) is 5.41 Å². The van der Waals surface area contributed by atoms with Crippen molar-refractivity contribution in [2.75, 3.05) is 16.4 Å². The summed E-state index contributed by atoms with van der Waals surface area (Å²) in [5.41, 5.74) is 1.53. The van der Waals surface area contributed by atoms with Crippen LogP contribution in [0.1, 0.15) is 38.1 Å². The SMILES string of the molecule is CC(=O)Nc1ccc(SCC(=O)c2ccc(NC(=O)C(C)(C)C)cc2)cc1. The topological polar surface area (TPSA) is 75.3 Å². The van der Waals surface area contributed by atoms with Crippen LogP contribution in [0.4, 0.5) is 11.4 Å². The van der Waals surface area contributed by atoms with Gasteiger partial charge in [-0.3, -0.25) is 14.4 Å². The molecule has 0 aliphatic heterocycles. The summed E-state index contributed by atoms with van der Waals surface area (Å²) in [5.74, 6) is 0.139. The lowest BCUT2D eigenvalue weighted by Gasteiger charge is -2.17. The van der Waals surface area contributed by atoms with Gasteiger partial charge in [0.25, 0.3) is 0 Å². The lowest BCUT2D eigenvalue weighted by molar-refractivity contribution is -0.123. The summed E-state index contributed by atoms with van der Waals surface area (Å²) >= 11 is 1.44. The monoisotopic (exact) mass is 384 g/mol. The third-order valence-electron chi connectivity index (χ3n) is 3.69. The number of hydrogen-bond acceptors (Lipinski definition) is 4. The van der Waals surface area contributed by atoms with Crippen molar-refractivity contribution in [1.82, 2.24) is 0 Å². The van der Waals surface area contributed by atoms with Gasteiger partial charge in [-0.1, -0.05) is 20.8 Å². The number of ketones is 1. The Labute approximate surface area is 163 Å². The van der Waals surface area contributed by atoms with E-state index in [2.05, 4.69) is 10.6 Å². The first kappa shape index (κ1) is 20.7. The van der Waals surface area contributed by atoms with Crippen LogP contribution in [0.2, 0.25) is 0 Å². The molecule has 0 aromatic heterocycles. The fourth-order valence-electron chi connectivity index (χ4n) is 2.13. The Morgan fingerprint density at radius 3 is 1.89 bits per heavy atom. The molecule has 2 rings (SSSR count). The fourth-order valence-corrected chi connectivity index (χ4v) is 2.92. The van der Waals surface area contributed by atoms with Gasteiger partial charge in [-0.2, -0.15) is 0 Å². The van der Waals surface area contributed by atoms with E-state index >= 15 is 0 Å². The van der Waals surface area contributed by atoms with Gasteiger partial charge in [0.2, 0.25) is 11.8 Å². The summed E-state index contributed by atoms with van der Waals surface area (Å²) in [6.07, 6.45) is 0. The van der Waals surface area contributed by atoms with Gasteiger partial charge >= 0.3 is 0 Å². The minimum atomic E-state index is -0.472. The molecule has 0 aliphatic carbocycles. The zero-order valence-electron chi connectivity index (χ0n) is 16.0. The van der Waals surface area contributed by atoms with E-state index < -0.39 is 5.41 Å². The van der Waals surface area contributed by atoms with Gasteiger partial charge in [0, 0.05) is 34.2 Å². The van der Waals surface area contributed by atoms with E-state index in [1.807, 2.05) is 32.9 Å². The number of carbonyl (C=O) groups excluding carboxylic acids is 3. The highest BCUT2D eigenvalue weighted by atomic mass is 32.2. The normalized spacial score (nSPS) is 11.0. The number of amides is 2. The van der Waals surface area contributed by atoms with Gasteiger partial charge < -0.3 is 10.6 Å². The van der Waals surface area contributed by atoms with Crippen molar-refractivity contribution in [3.8, 4) is 0 Å². The third kappa shape index (κ3) is 6.57. The van der Waals surface area contributed by atoms with E-state index in [9.17, 15) is 14.4 Å². The molecule has 6 heteroatoms. The first-order chi connectivity index (χ1) is 12.6. The van der Waals surface area contributed by atoms with Crippen molar-refractivity contribution < 1.29 is 14.4 Å². The molecule has 0 radical (unpaired) electrons. The number of thioether (sulfide) groups is 1. The van der Waals surface area contributed by atoms with Crippen molar-refractivity contribution in [2.45, 2.75) is 32.6 Å². The van der Waals surface area contributed by atoms with E-state index in [0.29, 0.717) is 17.0 Å². The first-order valence-electron chi connectivity index (χ1n) is 8.60. The van der Waals surface area contributed by atoms with Gasteiger partial charge in [0.15, 0.2) is 5.78 Å². The average molecular weight is 385 g/mol. The van der Waals surface area contributed by atoms with Gasteiger partial charge in [-0.25, -0.2) is 0 Å². The Kier molecular flexibility index (Phi) is 6.80. The maximum Gasteiger partial charge on any atom is 0.229 e. The molecule has 0 aliphatic rings. The maximum absolute atomic E-state index is 12.4. The zero-order valence-corrected chi connectivity index (χ0v) is 16.8. The molecular weight excluding hydrogens is 360 g/mol. The van der Waals surface area contributed by atoms with Crippen LogP contribution in [0.3, 0.4) is 0 Å². The lowest BCUT2D eigenvalue weighted by atomic mass is 9.95. The number of nitrogens with one attached hydrogen (secondary N) is 2. The second kappa shape index (κ2) is 8.86. The van der Waals surface area contributed by atoms with E-state index in [1.54, 1.807) is 36.4 Å². The second-order valence-corrected chi connectivity index (χ2v) is 8.25. The minimum Gasteiger partial charge on any atom is -0.326 e. The molecule has 142 valence electrons.